The molecule has 6 aromatic rings. The zero-order valence-electron chi connectivity index (χ0n) is 29.4. The van der Waals surface area contributed by atoms with Crippen molar-refractivity contribution in [2.45, 2.75) is 6.42 Å². The number of hydrogen-bond acceptors (Lipinski definition) is 19. The summed E-state index contributed by atoms with van der Waals surface area (Å²) in [4.78, 5) is 85.8. The van der Waals surface area contributed by atoms with E-state index >= 15 is 0 Å². The van der Waals surface area contributed by atoms with Crippen LogP contribution >= 0.6 is 105 Å². The van der Waals surface area contributed by atoms with Crippen molar-refractivity contribution in [3.8, 4) is 16.6 Å². The van der Waals surface area contributed by atoms with E-state index in [0.29, 0.717) is 42.7 Å². The Morgan fingerprint density at radius 1 is 0.776 bits per heavy atom. The number of methoxy groups -OCH3 is 3. The van der Waals surface area contributed by atoms with Crippen LogP contribution in [0.2, 0.25) is 0 Å². The number of carboxylic acid groups (broad SMARTS) is 1. The standard InChI is InChI=1S/C9H5BO5S.C9H5BrO4S.C6H5BrO2S.C5H3BrO2S.C4H5ClO3/c10-3-14-7-2-5-6(16-7)1-4(8(11)12)9(13)15-5;1-13-8(11)4-2-6-5(14-9(4)12)3-7(10)15-6;1-9-4-2-6(7)10-5(4)3-8;6-5-1-3(8)4(2-7)9-5;1-8-4(7)2-3(5)6/h1-2H,3H2,(H,11,12);2-3H,1H3;2-3H,1H3;1-2,8H;2H2,1H3. The molecule has 0 aliphatic heterocycles. The number of ether oxygens (including phenoxy) is 4. The third-order valence-corrected chi connectivity index (χ3v) is 11.8. The molecule has 306 valence electrons. The number of carbonyl (C=O) groups excluding carboxylic acids is 5. The summed E-state index contributed by atoms with van der Waals surface area (Å²) in [6.07, 6.45) is 1.07. The maximum absolute atomic E-state index is 11.4. The molecule has 25 heteroatoms. The minimum absolute atomic E-state index is 0.00282. The number of aromatic hydroxyl groups is 1. The number of carbonyl (C=O) groups is 6. The van der Waals surface area contributed by atoms with Crippen molar-refractivity contribution >= 4 is 169 Å². The Balaban J connectivity index is 0.000000257. The Hall–Kier alpha value is -4.17. The zero-order chi connectivity index (χ0) is 43.7. The van der Waals surface area contributed by atoms with Gasteiger partial charge in [-0.2, -0.15) is 0 Å². The molecule has 0 saturated heterocycles. The van der Waals surface area contributed by atoms with E-state index in [1.807, 2.05) is 0 Å². The normalized spacial score (nSPS) is 9.84. The maximum Gasteiger partial charge on any atom is 0.351 e. The van der Waals surface area contributed by atoms with Crippen molar-refractivity contribution in [3.63, 3.8) is 0 Å². The summed E-state index contributed by atoms with van der Waals surface area (Å²) < 4.78 is 32.1. The monoisotopic (exact) mass is 1090 g/mol. The van der Waals surface area contributed by atoms with Gasteiger partial charge in [0.2, 0.25) is 5.24 Å². The molecule has 0 spiro atoms. The Bertz CT molecular complexity index is 2520. The van der Waals surface area contributed by atoms with Crippen LogP contribution in [-0.2, 0) is 19.1 Å². The summed E-state index contributed by atoms with van der Waals surface area (Å²) in [7, 11) is 9.15. The van der Waals surface area contributed by atoms with Crippen LogP contribution in [0, 0.1) is 0 Å². The molecule has 6 aromatic heterocycles. The number of thiophene rings is 4. The quantitative estimate of drug-likeness (QED) is 0.0456. The Labute approximate surface area is 373 Å². The first-order chi connectivity index (χ1) is 27.4. The summed E-state index contributed by atoms with van der Waals surface area (Å²) in [6, 6.07) is 9.19. The molecule has 2 radical (unpaired) electrons. The van der Waals surface area contributed by atoms with Crippen molar-refractivity contribution in [1.82, 2.24) is 0 Å². The first-order valence-corrected chi connectivity index (χ1v) is 20.9. The molecule has 6 heterocycles. The lowest BCUT2D eigenvalue weighted by molar-refractivity contribution is -0.142. The van der Waals surface area contributed by atoms with E-state index in [1.54, 1.807) is 19.2 Å². The second-order valence-corrected chi connectivity index (χ2v) is 18.6. The van der Waals surface area contributed by atoms with Crippen molar-refractivity contribution < 1.29 is 66.8 Å². The number of fused-ring (bicyclic) bond motifs is 2. The van der Waals surface area contributed by atoms with Gasteiger partial charge >= 0.3 is 29.2 Å². The van der Waals surface area contributed by atoms with Gasteiger partial charge in [-0.15, -0.1) is 34.0 Å². The van der Waals surface area contributed by atoms with Gasteiger partial charge in [0.05, 0.1) is 42.1 Å². The minimum Gasteiger partial charge on any atom is -0.506 e. The van der Waals surface area contributed by atoms with E-state index in [-0.39, 0.29) is 24.2 Å². The van der Waals surface area contributed by atoms with E-state index in [9.17, 15) is 38.4 Å². The fourth-order valence-corrected chi connectivity index (χ4v) is 8.78. The first kappa shape index (κ1) is 50.0. The smallest absolute Gasteiger partial charge is 0.351 e. The molecule has 0 amide bonds. The lowest BCUT2D eigenvalue weighted by Gasteiger charge is -1.96. The number of carboxylic acids is 1. The van der Waals surface area contributed by atoms with E-state index in [1.165, 1.54) is 72.5 Å². The fraction of sp³-hybridized carbons (Fsp3) is 0.152. The topological polar surface area (TPSA) is 240 Å². The van der Waals surface area contributed by atoms with Crippen LogP contribution in [0.5, 0.6) is 16.6 Å². The third-order valence-electron chi connectivity index (χ3n) is 6.00. The van der Waals surface area contributed by atoms with Gasteiger partial charge in [-0.1, -0.05) is 11.3 Å². The molecule has 0 aliphatic rings. The van der Waals surface area contributed by atoms with Gasteiger partial charge in [-0.25, -0.2) is 19.2 Å². The maximum atomic E-state index is 11.4. The molecule has 2 N–H and O–H groups in total. The van der Waals surface area contributed by atoms with Crippen molar-refractivity contribution in [3.05, 3.63) is 89.5 Å². The van der Waals surface area contributed by atoms with Gasteiger partial charge in [-0.3, -0.25) is 19.2 Å². The van der Waals surface area contributed by atoms with Gasteiger partial charge in [-0.05, 0) is 71.5 Å². The molecule has 0 saturated carbocycles. The van der Waals surface area contributed by atoms with E-state index in [4.69, 9.17) is 48.0 Å². The molecular weight excluding hydrogens is 1070 g/mol. The minimum atomic E-state index is -1.31. The van der Waals surface area contributed by atoms with Crippen LogP contribution in [0.25, 0.3) is 20.6 Å². The van der Waals surface area contributed by atoms with Crippen LogP contribution in [-0.4, -0.2) is 81.6 Å². The second-order valence-electron chi connectivity index (χ2n) is 9.70. The first-order valence-electron chi connectivity index (χ1n) is 14.8. The second kappa shape index (κ2) is 24.7. The van der Waals surface area contributed by atoms with E-state index in [2.05, 4.69) is 57.3 Å². The molecular formula is C33H23BBr3ClO16S4. The summed E-state index contributed by atoms with van der Waals surface area (Å²) in [5, 5.41) is 17.4. The number of aromatic carboxylic acids is 1. The van der Waals surface area contributed by atoms with Crippen molar-refractivity contribution in [1.29, 1.82) is 0 Å². The predicted molar refractivity (Wildman–Crippen MR) is 228 cm³/mol. The molecule has 0 aliphatic carbocycles. The average molecular weight is 1090 g/mol. The highest BCUT2D eigenvalue weighted by atomic mass is 79.9. The van der Waals surface area contributed by atoms with Gasteiger partial charge < -0.3 is 38.0 Å². The van der Waals surface area contributed by atoms with Crippen LogP contribution in [0.4, 0.5) is 0 Å². The average Bonchev–Trinajstić information content (AvgIpc) is 3.94. The Morgan fingerprint density at radius 2 is 1.31 bits per heavy atom. The zero-order valence-corrected chi connectivity index (χ0v) is 38.1. The number of rotatable bonds is 9. The molecule has 16 nitrogen and oxygen atoms in total. The summed E-state index contributed by atoms with van der Waals surface area (Å²) >= 11 is 19.6. The highest BCUT2D eigenvalue weighted by molar-refractivity contribution is 9.11. The summed E-state index contributed by atoms with van der Waals surface area (Å²) in [6.45, 7) is 0.00282. The highest BCUT2D eigenvalue weighted by Crippen LogP contribution is 2.33. The largest absolute Gasteiger partial charge is 0.506 e. The van der Waals surface area contributed by atoms with Crippen molar-refractivity contribution in [2.75, 3.05) is 27.8 Å². The van der Waals surface area contributed by atoms with Gasteiger partial charge in [0, 0.05) is 30.8 Å². The lowest BCUT2D eigenvalue weighted by atomic mass is 10.2. The Morgan fingerprint density at radius 3 is 1.76 bits per heavy atom. The summed E-state index contributed by atoms with van der Waals surface area (Å²) in [5.74, 6) is -1.93. The van der Waals surface area contributed by atoms with E-state index < -0.39 is 40.0 Å². The van der Waals surface area contributed by atoms with Gasteiger partial charge in [0.15, 0.2) is 23.2 Å². The third kappa shape index (κ3) is 15.5. The van der Waals surface area contributed by atoms with Gasteiger partial charge in [0.1, 0.15) is 52.2 Å². The summed E-state index contributed by atoms with van der Waals surface area (Å²) in [5.41, 5.74) is -1.28. The Kier molecular flexibility index (Phi) is 21.3. The molecule has 0 aromatic carbocycles. The fourth-order valence-electron chi connectivity index (χ4n) is 3.57. The number of aldehydes is 2. The van der Waals surface area contributed by atoms with Crippen LogP contribution in [0.15, 0.2) is 66.2 Å². The molecule has 0 fully saturated rings. The van der Waals surface area contributed by atoms with Crippen LogP contribution in [0.3, 0.4) is 0 Å². The number of hydrogen-bond donors (Lipinski definition) is 2. The number of halogens is 4. The number of esters is 2. The van der Waals surface area contributed by atoms with E-state index in [0.717, 1.165) is 33.7 Å². The molecule has 0 unspecified atom stereocenters. The molecule has 0 bridgehead atoms. The molecule has 6 rings (SSSR count). The lowest BCUT2D eigenvalue weighted by Crippen LogP contribution is -2.14. The van der Waals surface area contributed by atoms with Gasteiger partial charge in [0.25, 0.3) is 0 Å². The highest BCUT2D eigenvalue weighted by Gasteiger charge is 2.16. The molecule has 58 heavy (non-hydrogen) atoms. The van der Waals surface area contributed by atoms with Crippen LogP contribution < -0.4 is 20.7 Å². The predicted octanol–water partition coefficient (Wildman–Crippen LogP) is 8.14. The molecule has 0 atom stereocenters. The van der Waals surface area contributed by atoms with Crippen molar-refractivity contribution in [2.24, 2.45) is 0 Å². The SMILES string of the molecule is COC(=O)CC(=O)Cl.COC(=O)c1cc2sc(Br)cc2oc1=O.COc1cc(Br)sc1C=O.O=Cc1sc(Br)cc1O.[B]COc1cc2oc(=O)c(C(=O)O)cc2s1. The van der Waals surface area contributed by atoms with Crippen LogP contribution in [0.1, 0.15) is 46.5 Å².